The zero-order valence-corrected chi connectivity index (χ0v) is 11.4. The maximum atomic E-state index is 13.7. The Morgan fingerprint density at radius 1 is 1.15 bits per heavy atom. The van der Waals surface area contributed by atoms with Crippen LogP contribution in [0.5, 0.6) is 0 Å². The second-order valence-electron chi connectivity index (χ2n) is 5.26. The van der Waals surface area contributed by atoms with Gasteiger partial charge in [-0.05, 0) is 43.7 Å². The Hall–Kier alpha value is -0.810. The van der Waals surface area contributed by atoms with E-state index in [1.807, 2.05) is 0 Å². The van der Waals surface area contributed by atoms with Crippen molar-refractivity contribution in [3.8, 4) is 0 Å². The van der Waals surface area contributed by atoms with Crippen LogP contribution in [0.3, 0.4) is 0 Å². The SMILES string of the molecule is OC(c1ccc(Cl)cc1F)C1CCC(C(F)(F)F)CC1. The molecule has 0 bridgehead atoms. The minimum Gasteiger partial charge on any atom is -0.388 e. The number of aliphatic hydroxyl groups is 1. The minimum atomic E-state index is -4.18. The lowest BCUT2D eigenvalue weighted by atomic mass is 9.77. The monoisotopic (exact) mass is 310 g/mol. The van der Waals surface area contributed by atoms with Crippen LogP contribution in [0, 0.1) is 17.7 Å². The topological polar surface area (TPSA) is 20.2 Å². The Morgan fingerprint density at radius 2 is 1.75 bits per heavy atom. The first-order valence-electron chi connectivity index (χ1n) is 6.48. The van der Waals surface area contributed by atoms with Gasteiger partial charge >= 0.3 is 6.18 Å². The molecule has 0 radical (unpaired) electrons. The van der Waals surface area contributed by atoms with E-state index < -0.39 is 24.0 Å². The van der Waals surface area contributed by atoms with E-state index in [2.05, 4.69) is 0 Å². The van der Waals surface area contributed by atoms with Gasteiger partial charge in [0.05, 0.1) is 12.0 Å². The lowest BCUT2D eigenvalue weighted by Gasteiger charge is -2.32. The average molecular weight is 311 g/mol. The Balaban J connectivity index is 2.03. The van der Waals surface area contributed by atoms with E-state index in [0.717, 1.165) is 6.07 Å². The molecular formula is C14H15ClF4O. The van der Waals surface area contributed by atoms with Gasteiger partial charge in [-0.15, -0.1) is 0 Å². The summed E-state index contributed by atoms with van der Waals surface area (Å²) in [6.07, 6.45) is -4.80. The molecule has 0 aromatic heterocycles. The molecule has 0 saturated heterocycles. The van der Waals surface area contributed by atoms with E-state index in [1.165, 1.54) is 12.1 Å². The van der Waals surface area contributed by atoms with Crippen LogP contribution in [0.2, 0.25) is 5.02 Å². The maximum Gasteiger partial charge on any atom is 0.391 e. The van der Waals surface area contributed by atoms with Crippen LogP contribution in [-0.2, 0) is 0 Å². The van der Waals surface area contributed by atoms with Crippen LogP contribution >= 0.6 is 11.6 Å². The summed E-state index contributed by atoms with van der Waals surface area (Å²) < 4.78 is 51.4. The summed E-state index contributed by atoms with van der Waals surface area (Å²) in [5.74, 6) is -2.27. The lowest BCUT2D eigenvalue weighted by molar-refractivity contribution is -0.185. The largest absolute Gasteiger partial charge is 0.391 e. The van der Waals surface area contributed by atoms with Crippen LogP contribution in [0.25, 0.3) is 0 Å². The van der Waals surface area contributed by atoms with Crippen molar-refractivity contribution in [2.45, 2.75) is 38.0 Å². The van der Waals surface area contributed by atoms with Gasteiger partial charge in [0.1, 0.15) is 5.82 Å². The molecule has 1 nitrogen and oxygen atoms in total. The Morgan fingerprint density at radius 3 is 2.25 bits per heavy atom. The van der Waals surface area contributed by atoms with E-state index >= 15 is 0 Å². The van der Waals surface area contributed by atoms with E-state index in [-0.39, 0.29) is 42.2 Å². The molecule has 0 amide bonds. The quantitative estimate of drug-likeness (QED) is 0.772. The fraction of sp³-hybridized carbons (Fsp3) is 0.571. The first-order chi connectivity index (χ1) is 9.29. The number of alkyl halides is 3. The summed E-state index contributed by atoms with van der Waals surface area (Å²) in [4.78, 5) is 0. The van der Waals surface area contributed by atoms with Gasteiger partial charge in [-0.25, -0.2) is 4.39 Å². The smallest absolute Gasteiger partial charge is 0.388 e. The molecule has 1 N–H and O–H groups in total. The molecule has 0 aliphatic heterocycles. The Bertz CT molecular complexity index is 467. The molecule has 1 aromatic carbocycles. The number of hydrogen-bond donors (Lipinski definition) is 1. The molecule has 6 heteroatoms. The number of rotatable bonds is 2. The predicted molar refractivity (Wildman–Crippen MR) is 67.9 cm³/mol. The van der Waals surface area contributed by atoms with Crippen LogP contribution in [0.4, 0.5) is 17.6 Å². The second-order valence-corrected chi connectivity index (χ2v) is 5.70. The van der Waals surface area contributed by atoms with Crippen molar-refractivity contribution in [1.82, 2.24) is 0 Å². The fourth-order valence-electron chi connectivity index (χ4n) is 2.76. The van der Waals surface area contributed by atoms with Crippen LogP contribution in [0.1, 0.15) is 37.4 Å². The fourth-order valence-corrected chi connectivity index (χ4v) is 2.92. The molecule has 1 atom stereocenters. The number of hydrogen-bond acceptors (Lipinski definition) is 1. The summed E-state index contributed by atoms with van der Waals surface area (Å²) in [6.45, 7) is 0. The number of halogens is 5. The average Bonchev–Trinajstić information content (AvgIpc) is 2.37. The van der Waals surface area contributed by atoms with Crippen molar-refractivity contribution in [3.63, 3.8) is 0 Å². The van der Waals surface area contributed by atoms with Gasteiger partial charge in [0, 0.05) is 10.6 Å². The molecular weight excluding hydrogens is 296 g/mol. The molecule has 1 unspecified atom stereocenters. The van der Waals surface area contributed by atoms with Crippen LogP contribution < -0.4 is 0 Å². The highest BCUT2D eigenvalue weighted by atomic mass is 35.5. The van der Waals surface area contributed by atoms with Gasteiger partial charge in [0.2, 0.25) is 0 Å². The third-order valence-electron chi connectivity index (χ3n) is 3.96. The first kappa shape index (κ1) is 15.6. The molecule has 1 aliphatic carbocycles. The molecule has 1 aliphatic rings. The highest BCUT2D eigenvalue weighted by Crippen LogP contribution is 2.43. The molecule has 1 aromatic rings. The van der Waals surface area contributed by atoms with Gasteiger partial charge in [-0.2, -0.15) is 13.2 Å². The lowest BCUT2D eigenvalue weighted by Crippen LogP contribution is -2.29. The summed E-state index contributed by atoms with van der Waals surface area (Å²) in [5, 5.41) is 10.4. The van der Waals surface area contributed by atoms with Gasteiger partial charge < -0.3 is 5.11 Å². The predicted octanol–water partition coefficient (Wildman–Crippen LogP) is 4.88. The zero-order valence-electron chi connectivity index (χ0n) is 10.6. The molecule has 112 valence electrons. The van der Waals surface area contributed by atoms with Gasteiger partial charge in [0.25, 0.3) is 0 Å². The first-order valence-corrected chi connectivity index (χ1v) is 6.86. The second kappa shape index (κ2) is 5.90. The highest BCUT2D eigenvalue weighted by Gasteiger charge is 2.42. The van der Waals surface area contributed by atoms with Gasteiger partial charge in [-0.1, -0.05) is 17.7 Å². The van der Waals surface area contributed by atoms with Crippen LogP contribution in [-0.4, -0.2) is 11.3 Å². The van der Waals surface area contributed by atoms with E-state index in [0.29, 0.717) is 0 Å². The minimum absolute atomic E-state index is 0.0135. The Labute approximate surface area is 119 Å². The summed E-state index contributed by atoms with van der Waals surface area (Å²) in [7, 11) is 0. The molecule has 1 saturated carbocycles. The van der Waals surface area contributed by atoms with E-state index in [9.17, 15) is 22.7 Å². The third kappa shape index (κ3) is 3.44. The van der Waals surface area contributed by atoms with E-state index in [1.54, 1.807) is 0 Å². The standard InChI is InChI=1S/C14H15ClF4O/c15-10-5-6-11(12(16)7-10)13(20)8-1-3-9(4-2-8)14(17,18)19/h5-9,13,20H,1-4H2. The number of aliphatic hydroxyl groups excluding tert-OH is 1. The molecule has 1 fully saturated rings. The van der Waals surface area contributed by atoms with Gasteiger partial charge in [-0.3, -0.25) is 0 Å². The van der Waals surface area contributed by atoms with Crippen molar-refractivity contribution < 1.29 is 22.7 Å². The Kier molecular flexibility index (Phi) is 4.59. The maximum absolute atomic E-state index is 13.7. The molecule has 0 spiro atoms. The van der Waals surface area contributed by atoms with Crippen molar-refractivity contribution >= 4 is 11.6 Å². The summed E-state index contributed by atoms with van der Waals surface area (Å²) in [5.41, 5.74) is 0.102. The molecule has 2 rings (SSSR count). The molecule has 20 heavy (non-hydrogen) atoms. The van der Waals surface area contributed by atoms with Crippen molar-refractivity contribution in [2.24, 2.45) is 11.8 Å². The zero-order chi connectivity index (χ0) is 14.9. The summed E-state index contributed by atoms with van der Waals surface area (Å²) in [6, 6.07) is 3.95. The van der Waals surface area contributed by atoms with Crippen molar-refractivity contribution in [1.29, 1.82) is 0 Å². The van der Waals surface area contributed by atoms with Crippen molar-refractivity contribution in [2.75, 3.05) is 0 Å². The summed E-state index contributed by atoms with van der Waals surface area (Å²) >= 11 is 5.63. The highest BCUT2D eigenvalue weighted by molar-refractivity contribution is 6.30. The normalized spacial score (nSPS) is 25.5. The van der Waals surface area contributed by atoms with E-state index in [4.69, 9.17) is 11.6 Å². The van der Waals surface area contributed by atoms with Gasteiger partial charge in [0.15, 0.2) is 0 Å². The molecule has 0 heterocycles. The van der Waals surface area contributed by atoms with Crippen LogP contribution in [0.15, 0.2) is 18.2 Å². The van der Waals surface area contributed by atoms with Crippen molar-refractivity contribution in [3.05, 3.63) is 34.6 Å². The number of benzene rings is 1. The third-order valence-corrected chi connectivity index (χ3v) is 4.20.